The Labute approximate surface area is 187 Å². The van der Waals surface area contributed by atoms with E-state index in [9.17, 15) is 4.79 Å². The highest BCUT2D eigenvalue weighted by Gasteiger charge is 2.22. The zero-order chi connectivity index (χ0) is 19.1. The molecule has 28 heavy (non-hydrogen) atoms. The molecule has 152 valence electrons. The van der Waals surface area contributed by atoms with Crippen LogP contribution >= 0.6 is 35.3 Å². The summed E-state index contributed by atoms with van der Waals surface area (Å²) in [4.78, 5) is 24.3. The third-order valence-corrected chi connectivity index (χ3v) is 5.78. The highest BCUT2D eigenvalue weighted by molar-refractivity contribution is 14.0. The van der Waals surface area contributed by atoms with Crippen molar-refractivity contribution < 1.29 is 4.79 Å². The Morgan fingerprint density at radius 3 is 2.57 bits per heavy atom. The normalized spacial score (nSPS) is 13.1. The summed E-state index contributed by atoms with van der Waals surface area (Å²) in [5, 5.41) is 7.59. The van der Waals surface area contributed by atoms with Crippen molar-refractivity contribution in [2.75, 3.05) is 13.6 Å². The molecule has 0 aliphatic carbocycles. The number of rotatable bonds is 7. The number of guanidine groups is 1. The van der Waals surface area contributed by atoms with Crippen LogP contribution in [0.1, 0.15) is 40.8 Å². The molecule has 3 rings (SSSR count). The molecule has 1 aliphatic heterocycles. The molecule has 2 N–H and O–H groups in total. The largest absolute Gasteiger partial charge is 0.356 e. The number of amides is 1. The first-order valence-corrected chi connectivity index (χ1v) is 10.2. The van der Waals surface area contributed by atoms with E-state index in [1.54, 1.807) is 18.4 Å². The van der Waals surface area contributed by atoms with Gasteiger partial charge in [-0.3, -0.25) is 9.79 Å². The van der Waals surface area contributed by atoms with Gasteiger partial charge in [0, 0.05) is 44.2 Å². The fourth-order valence-electron chi connectivity index (χ4n) is 3.09. The van der Waals surface area contributed by atoms with Crippen molar-refractivity contribution in [1.29, 1.82) is 0 Å². The molecule has 0 saturated heterocycles. The number of hydrogen-bond acceptors (Lipinski definition) is 4. The fraction of sp³-hybridized carbons (Fsp3) is 0.450. The second-order valence-electron chi connectivity index (χ2n) is 6.55. The summed E-state index contributed by atoms with van der Waals surface area (Å²) in [7, 11) is 1.75. The van der Waals surface area contributed by atoms with Gasteiger partial charge < -0.3 is 15.5 Å². The van der Waals surface area contributed by atoms with E-state index < -0.39 is 0 Å². The number of fused-ring (bicyclic) bond motifs is 1. The van der Waals surface area contributed by atoms with Gasteiger partial charge in [-0.2, -0.15) is 0 Å². The quantitative estimate of drug-likeness (QED) is 0.258. The molecule has 1 aromatic heterocycles. The third kappa shape index (κ3) is 6.16. The highest BCUT2D eigenvalue weighted by atomic mass is 127. The molecule has 1 aliphatic rings. The molecule has 8 heteroatoms. The van der Waals surface area contributed by atoms with Gasteiger partial charge >= 0.3 is 0 Å². The van der Waals surface area contributed by atoms with Crippen LogP contribution in [0.2, 0.25) is 0 Å². The Bertz CT molecular complexity index is 782. The molecule has 0 spiro atoms. The van der Waals surface area contributed by atoms with Gasteiger partial charge in [-0.25, -0.2) is 4.98 Å². The molecule has 6 nitrogen and oxygen atoms in total. The topological polar surface area (TPSA) is 69.6 Å². The summed E-state index contributed by atoms with van der Waals surface area (Å²) in [6, 6.07) is 8.27. The van der Waals surface area contributed by atoms with Crippen LogP contribution in [0.4, 0.5) is 0 Å². The lowest BCUT2D eigenvalue weighted by Crippen LogP contribution is -2.37. The van der Waals surface area contributed by atoms with Crippen LogP contribution in [0.3, 0.4) is 0 Å². The molecule has 0 fully saturated rings. The van der Waals surface area contributed by atoms with Crippen LogP contribution in [0.25, 0.3) is 0 Å². The molecular weight excluding hydrogens is 485 g/mol. The molecule has 0 radical (unpaired) electrons. The van der Waals surface area contributed by atoms with Crippen molar-refractivity contribution in [1.82, 2.24) is 20.5 Å². The lowest BCUT2D eigenvalue weighted by molar-refractivity contribution is -0.131. The Kier molecular flexibility index (Phi) is 9.17. The zero-order valence-corrected chi connectivity index (χ0v) is 19.5. The number of benzene rings is 1. The minimum absolute atomic E-state index is 0. The Hall–Kier alpha value is -1.68. The molecular formula is C20H28IN5OS. The maximum atomic E-state index is 12.4. The van der Waals surface area contributed by atoms with Gasteiger partial charge in [0.15, 0.2) is 5.96 Å². The number of carbonyl (C=O) groups excluding carboxylic acids is 1. The van der Waals surface area contributed by atoms with Gasteiger partial charge in [0.1, 0.15) is 5.01 Å². The van der Waals surface area contributed by atoms with Crippen LogP contribution in [0.15, 0.2) is 35.5 Å². The molecule has 1 amide bonds. The van der Waals surface area contributed by atoms with Gasteiger partial charge in [0.2, 0.25) is 5.91 Å². The smallest absolute Gasteiger partial charge is 0.223 e. The van der Waals surface area contributed by atoms with Crippen molar-refractivity contribution >= 4 is 47.2 Å². The molecule has 2 heterocycles. The average molecular weight is 513 g/mol. The monoisotopic (exact) mass is 513 g/mol. The van der Waals surface area contributed by atoms with E-state index in [1.807, 2.05) is 23.2 Å². The van der Waals surface area contributed by atoms with Crippen molar-refractivity contribution in [3.63, 3.8) is 0 Å². The van der Waals surface area contributed by atoms with E-state index >= 15 is 0 Å². The van der Waals surface area contributed by atoms with Gasteiger partial charge in [0.05, 0.1) is 6.54 Å². The van der Waals surface area contributed by atoms with Gasteiger partial charge in [-0.1, -0.05) is 31.2 Å². The summed E-state index contributed by atoms with van der Waals surface area (Å²) in [6.07, 6.45) is 4.27. The van der Waals surface area contributed by atoms with Crippen molar-refractivity contribution in [2.24, 2.45) is 4.99 Å². The Morgan fingerprint density at radius 2 is 1.96 bits per heavy atom. The zero-order valence-electron chi connectivity index (χ0n) is 16.4. The maximum absolute atomic E-state index is 12.4. The molecule has 0 unspecified atom stereocenters. The van der Waals surface area contributed by atoms with Crippen molar-refractivity contribution in [3.8, 4) is 0 Å². The minimum Gasteiger partial charge on any atom is -0.356 e. The number of hydrogen-bond donors (Lipinski definition) is 2. The minimum atomic E-state index is 0. The lowest BCUT2D eigenvalue weighted by atomic mass is 10.1. The predicted molar refractivity (Wildman–Crippen MR) is 125 cm³/mol. The number of nitrogens with zero attached hydrogens (tertiary/aromatic N) is 3. The SMILES string of the molecule is CCc1cnc(CNC(=NC)NCCCC(=O)N2Cc3ccccc3C2)s1.I. The standard InChI is InChI=1S/C20H27N5OS.HI/c1-3-17-11-23-18(27-17)12-24-20(21-2)22-10-6-9-19(26)25-13-15-7-4-5-8-16(15)14-25;/h4-5,7-8,11H,3,6,9-10,12-14H2,1-2H3,(H2,21,22,24);1H. The first-order valence-electron chi connectivity index (χ1n) is 9.42. The summed E-state index contributed by atoms with van der Waals surface area (Å²) in [5.41, 5.74) is 2.53. The molecule has 2 aromatic rings. The summed E-state index contributed by atoms with van der Waals surface area (Å²) in [5.74, 6) is 0.954. The third-order valence-electron chi connectivity index (χ3n) is 4.63. The first-order chi connectivity index (χ1) is 13.2. The van der Waals surface area contributed by atoms with E-state index in [2.05, 4.69) is 39.7 Å². The molecule has 1 aromatic carbocycles. The first kappa shape index (κ1) is 22.6. The van der Waals surface area contributed by atoms with Crippen LogP contribution in [-0.4, -0.2) is 35.3 Å². The lowest BCUT2D eigenvalue weighted by Gasteiger charge is -2.16. The van der Waals surface area contributed by atoms with Gasteiger partial charge in [-0.15, -0.1) is 35.3 Å². The van der Waals surface area contributed by atoms with E-state index in [1.165, 1.54) is 16.0 Å². The van der Waals surface area contributed by atoms with E-state index in [0.29, 0.717) is 19.5 Å². The number of thiazole rings is 1. The number of carbonyl (C=O) groups is 1. The molecule has 0 saturated carbocycles. The number of aryl methyl sites for hydroxylation is 1. The highest BCUT2D eigenvalue weighted by Crippen LogP contribution is 2.22. The maximum Gasteiger partial charge on any atom is 0.223 e. The number of halogens is 1. The van der Waals surface area contributed by atoms with Crippen LogP contribution in [0.5, 0.6) is 0 Å². The van der Waals surface area contributed by atoms with Crippen LogP contribution in [0, 0.1) is 0 Å². The fourth-order valence-corrected chi connectivity index (χ4v) is 3.89. The Morgan fingerprint density at radius 1 is 1.25 bits per heavy atom. The second-order valence-corrected chi connectivity index (χ2v) is 7.75. The van der Waals surface area contributed by atoms with Crippen molar-refractivity contribution in [3.05, 3.63) is 51.5 Å². The van der Waals surface area contributed by atoms with E-state index in [0.717, 1.165) is 36.9 Å². The molecule has 0 atom stereocenters. The molecule has 0 bridgehead atoms. The number of nitrogens with one attached hydrogen (secondary N) is 2. The van der Waals surface area contributed by atoms with Crippen LogP contribution in [-0.2, 0) is 30.8 Å². The summed E-state index contributed by atoms with van der Waals surface area (Å²) in [6.45, 7) is 4.98. The predicted octanol–water partition coefficient (Wildman–Crippen LogP) is 3.31. The summed E-state index contributed by atoms with van der Waals surface area (Å²) < 4.78 is 0. The van der Waals surface area contributed by atoms with Crippen LogP contribution < -0.4 is 10.6 Å². The van der Waals surface area contributed by atoms with Gasteiger partial charge in [0.25, 0.3) is 0 Å². The summed E-state index contributed by atoms with van der Waals surface area (Å²) >= 11 is 1.72. The average Bonchev–Trinajstić information content (AvgIpc) is 3.33. The van der Waals surface area contributed by atoms with Gasteiger partial charge in [-0.05, 0) is 24.0 Å². The second kappa shape index (κ2) is 11.4. The number of aliphatic imine (C=N–C) groups is 1. The number of aromatic nitrogens is 1. The van der Waals surface area contributed by atoms with Crippen molar-refractivity contribution in [2.45, 2.75) is 45.8 Å². The van der Waals surface area contributed by atoms with E-state index in [-0.39, 0.29) is 29.9 Å². The van der Waals surface area contributed by atoms with E-state index in [4.69, 9.17) is 0 Å². The Balaban J connectivity index is 0.00000280.